The molecule has 0 fully saturated rings. The lowest BCUT2D eigenvalue weighted by atomic mass is 10.1. The van der Waals surface area contributed by atoms with Crippen LogP contribution in [0.5, 0.6) is 0 Å². The highest BCUT2D eigenvalue weighted by Gasteiger charge is 2.13. The van der Waals surface area contributed by atoms with Gasteiger partial charge in [0.1, 0.15) is 10.7 Å². The zero-order valence-electron chi connectivity index (χ0n) is 13.9. The average Bonchev–Trinajstić information content (AvgIpc) is 3.15. The van der Waals surface area contributed by atoms with Crippen molar-refractivity contribution in [3.63, 3.8) is 0 Å². The summed E-state index contributed by atoms with van der Waals surface area (Å²) in [5.74, 6) is -0.120. The van der Waals surface area contributed by atoms with E-state index in [-0.39, 0.29) is 5.91 Å². The number of hydrogen-bond acceptors (Lipinski definition) is 5. The van der Waals surface area contributed by atoms with E-state index in [1.54, 1.807) is 11.3 Å². The van der Waals surface area contributed by atoms with Crippen LogP contribution in [-0.2, 0) is 6.42 Å². The zero-order valence-corrected chi connectivity index (χ0v) is 15.6. The topological polar surface area (TPSA) is 54.9 Å². The predicted molar refractivity (Wildman–Crippen MR) is 99.9 cm³/mol. The van der Waals surface area contributed by atoms with Gasteiger partial charge in [0.15, 0.2) is 0 Å². The molecule has 3 rings (SSSR count). The lowest BCUT2D eigenvalue weighted by Gasteiger charge is -2.03. The van der Waals surface area contributed by atoms with E-state index in [0.717, 1.165) is 33.3 Å². The minimum absolute atomic E-state index is 0.120. The molecule has 0 atom stereocenters. The highest BCUT2D eigenvalue weighted by Crippen LogP contribution is 2.26. The normalized spacial score (nSPS) is 10.8. The first-order valence-electron chi connectivity index (χ1n) is 7.77. The number of carbonyl (C=O) groups excluding carboxylic acids is 1. The second kappa shape index (κ2) is 7.23. The van der Waals surface area contributed by atoms with Gasteiger partial charge < -0.3 is 5.32 Å². The number of rotatable bonds is 5. The number of nitrogens with one attached hydrogen (secondary N) is 1. The van der Waals surface area contributed by atoms with Crippen LogP contribution >= 0.6 is 22.7 Å². The molecule has 0 aliphatic carbocycles. The van der Waals surface area contributed by atoms with Crippen molar-refractivity contribution in [2.24, 2.45) is 0 Å². The van der Waals surface area contributed by atoms with Crippen LogP contribution in [0.15, 0.2) is 29.6 Å². The van der Waals surface area contributed by atoms with Crippen LogP contribution in [0.4, 0.5) is 0 Å². The van der Waals surface area contributed by atoms with Gasteiger partial charge in [0.2, 0.25) is 0 Å². The van der Waals surface area contributed by atoms with Crippen LogP contribution in [0.2, 0.25) is 0 Å². The number of benzene rings is 1. The van der Waals surface area contributed by atoms with Gasteiger partial charge >= 0.3 is 0 Å². The largest absolute Gasteiger partial charge is 0.350 e. The fraction of sp³-hybridized carbons (Fsp3) is 0.278. The molecule has 0 aliphatic rings. The zero-order chi connectivity index (χ0) is 17.1. The molecule has 1 amide bonds. The first-order valence-corrected chi connectivity index (χ1v) is 9.47. The third-order valence-electron chi connectivity index (χ3n) is 3.75. The number of carbonyl (C=O) groups is 1. The van der Waals surface area contributed by atoms with E-state index in [9.17, 15) is 4.79 Å². The van der Waals surface area contributed by atoms with Crippen LogP contribution in [0.25, 0.3) is 10.6 Å². The molecular formula is C18H19N3OS2. The number of amides is 1. The molecule has 2 aromatic heterocycles. The molecular weight excluding hydrogens is 338 g/mol. The van der Waals surface area contributed by atoms with Gasteiger partial charge in [0.25, 0.3) is 5.91 Å². The Bertz CT molecular complexity index is 867. The van der Waals surface area contributed by atoms with E-state index in [1.807, 2.05) is 37.4 Å². The summed E-state index contributed by atoms with van der Waals surface area (Å²) < 4.78 is 0. The first-order chi connectivity index (χ1) is 11.5. The SMILES string of the molecule is Cc1nc(C)c(CCNC(=O)c2csc(-c3ccccc3C)n2)s1. The van der Waals surface area contributed by atoms with Crippen molar-refractivity contribution in [3.05, 3.63) is 56.5 Å². The molecule has 0 bridgehead atoms. The van der Waals surface area contributed by atoms with Crippen molar-refractivity contribution in [1.82, 2.24) is 15.3 Å². The smallest absolute Gasteiger partial charge is 0.270 e. The highest BCUT2D eigenvalue weighted by atomic mass is 32.1. The molecule has 124 valence electrons. The van der Waals surface area contributed by atoms with Crippen LogP contribution in [-0.4, -0.2) is 22.4 Å². The van der Waals surface area contributed by atoms with Crippen molar-refractivity contribution in [3.8, 4) is 10.6 Å². The Morgan fingerprint density at radius 1 is 1.17 bits per heavy atom. The Kier molecular flexibility index (Phi) is 5.06. The van der Waals surface area contributed by atoms with Crippen LogP contribution in [0, 0.1) is 20.8 Å². The quantitative estimate of drug-likeness (QED) is 0.746. The maximum absolute atomic E-state index is 12.3. The summed E-state index contributed by atoms with van der Waals surface area (Å²) in [6.45, 7) is 6.66. The molecule has 0 radical (unpaired) electrons. The molecule has 3 aromatic rings. The number of hydrogen-bond donors (Lipinski definition) is 1. The second-order valence-corrected chi connectivity index (χ2v) is 7.75. The molecule has 0 saturated heterocycles. The second-order valence-electron chi connectivity index (χ2n) is 5.60. The van der Waals surface area contributed by atoms with E-state index in [0.29, 0.717) is 12.2 Å². The van der Waals surface area contributed by atoms with Crippen molar-refractivity contribution < 1.29 is 4.79 Å². The molecule has 0 aliphatic heterocycles. The molecule has 4 nitrogen and oxygen atoms in total. The minimum Gasteiger partial charge on any atom is -0.350 e. The van der Waals surface area contributed by atoms with Crippen LogP contribution in [0.3, 0.4) is 0 Å². The average molecular weight is 358 g/mol. The van der Waals surface area contributed by atoms with Crippen molar-refractivity contribution in [1.29, 1.82) is 0 Å². The van der Waals surface area contributed by atoms with Gasteiger partial charge in [0, 0.05) is 28.8 Å². The Balaban J connectivity index is 1.62. The molecule has 2 heterocycles. The van der Waals surface area contributed by atoms with Gasteiger partial charge in [-0.15, -0.1) is 22.7 Å². The molecule has 0 unspecified atom stereocenters. The lowest BCUT2D eigenvalue weighted by Crippen LogP contribution is -2.25. The van der Waals surface area contributed by atoms with Gasteiger partial charge in [-0.25, -0.2) is 9.97 Å². The Hall–Kier alpha value is -2.05. The molecule has 6 heteroatoms. The summed E-state index contributed by atoms with van der Waals surface area (Å²) in [5.41, 5.74) is 3.78. The van der Waals surface area contributed by atoms with E-state index in [2.05, 4.69) is 28.3 Å². The summed E-state index contributed by atoms with van der Waals surface area (Å²) in [7, 11) is 0. The summed E-state index contributed by atoms with van der Waals surface area (Å²) in [5, 5.41) is 6.71. The van der Waals surface area contributed by atoms with Gasteiger partial charge in [0.05, 0.1) is 10.7 Å². The molecule has 0 saturated carbocycles. The summed E-state index contributed by atoms with van der Waals surface area (Å²) >= 11 is 3.19. The maximum atomic E-state index is 12.3. The number of aromatic nitrogens is 2. The third-order valence-corrected chi connectivity index (χ3v) is 5.76. The monoisotopic (exact) mass is 357 g/mol. The fourth-order valence-corrected chi connectivity index (χ4v) is 4.33. The fourth-order valence-electron chi connectivity index (χ4n) is 2.50. The summed E-state index contributed by atoms with van der Waals surface area (Å²) in [6, 6.07) is 8.08. The van der Waals surface area contributed by atoms with Crippen LogP contribution in [0.1, 0.15) is 31.6 Å². The number of nitrogens with zero attached hydrogens (tertiary/aromatic N) is 2. The predicted octanol–water partition coefficient (Wildman–Crippen LogP) is 4.16. The summed E-state index contributed by atoms with van der Waals surface area (Å²) in [4.78, 5) is 22.4. The third kappa shape index (κ3) is 3.71. The highest BCUT2D eigenvalue weighted by molar-refractivity contribution is 7.13. The standard InChI is InChI=1S/C18H19N3OS2/c1-11-6-4-5-7-14(11)18-21-15(10-23-18)17(22)19-9-8-16-12(2)20-13(3)24-16/h4-7,10H,8-9H2,1-3H3,(H,19,22). The van der Waals surface area contributed by atoms with Gasteiger partial charge in [-0.1, -0.05) is 24.3 Å². The molecule has 24 heavy (non-hydrogen) atoms. The van der Waals surface area contributed by atoms with Crippen molar-refractivity contribution in [2.75, 3.05) is 6.54 Å². The van der Waals surface area contributed by atoms with Crippen LogP contribution < -0.4 is 5.32 Å². The van der Waals surface area contributed by atoms with Gasteiger partial charge in [-0.05, 0) is 26.3 Å². The maximum Gasteiger partial charge on any atom is 0.270 e. The Morgan fingerprint density at radius 2 is 1.96 bits per heavy atom. The Labute approximate surface area is 149 Å². The minimum atomic E-state index is -0.120. The Morgan fingerprint density at radius 3 is 2.67 bits per heavy atom. The van der Waals surface area contributed by atoms with E-state index in [1.165, 1.54) is 16.2 Å². The van der Waals surface area contributed by atoms with Gasteiger partial charge in [-0.2, -0.15) is 0 Å². The molecule has 0 spiro atoms. The first kappa shape index (κ1) is 16.8. The van der Waals surface area contributed by atoms with E-state index < -0.39 is 0 Å². The van der Waals surface area contributed by atoms with E-state index in [4.69, 9.17) is 0 Å². The number of aryl methyl sites for hydroxylation is 3. The van der Waals surface area contributed by atoms with Crippen molar-refractivity contribution in [2.45, 2.75) is 27.2 Å². The van der Waals surface area contributed by atoms with Crippen molar-refractivity contribution >= 4 is 28.6 Å². The van der Waals surface area contributed by atoms with E-state index >= 15 is 0 Å². The number of thiazole rings is 2. The summed E-state index contributed by atoms with van der Waals surface area (Å²) in [6.07, 6.45) is 0.803. The van der Waals surface area contributed by atoms with Gasteiger partial charge in [-0.3, -0.25) is 4.79 Å². The molecule has 1 aromatic carbocycles. The molecule has 1 N–H and O–H groups in total. The lowest BCUT2D eigenvalue weighted by molar-refractivity contribution is 0.0950.